The first-order valence-electron chi connectivity index (χ1n) is 55.0. The fourth-order valence-electron chi connectivity index (χ4n) is 24.1. The van der Waals surface area contributed by atoms with Gasteiger partial charge in [0.15, 0.2) is 0 Å². The van der Waals surface area contributed by atoms with Gasteiger partial charge in [0, 0.05) is 95.7 Å². The van der Waals surface area contributed by atoms with E-state index in [-0.39, 0.29) is 0 Å². The highest BCUT2D eigenvalue weighted by molar-refractivity contribution is 5.84. The Morgan fingerprint density at radius 1 is 0.148 bits per heavy atom. The van der Waals surface area contributed by atoms with E-state index < -0.39 is 0 Å². The number of carbonyl (C=O) groups excluding carboxylic acids is 8. The first-order chi connectivity index (χ1) is 60.6. The van der Waals surface area contributed by atoms with Crippen LogP contribution in [0.1, 0.15) is 423 Å². The molecule has 0 radical (unpaired) electrons. The Bertz CT molecular complexity index is 2710. The van der Waals surface area contributed by atoms with Crippen LogP contribution in [0.5, 0.6) is 0 Å². The van der Waals surface area contributed by atoms with Crippen LogP contribution < -0.4 is 42.5 Å². The lowest BCUT2D eigenvalue weighted by Crippen LogP contribution is -2.46. The van der Waals surface area contributed by atoms with Crippen molar-refractivity contribution in [3.05, 3.63) is 0 Å². The molecule has 0 aliphatic heterocycles. The number of hydrogen-bond acceptors (Lipinski definition) is 8. The lowest BCUT2D eigenvalue weighted by molar-refractivity contribution is -0.124. The highest BCUT2D eigenvalue weighted by Gasteiger charge is 2.45. The minimum Gasteiger partial charge on any atom is -0.353 e. The van der Waals surface area contributed by atoms with Crippen LogP contribution in [0.2, 0.25) is 0 Å². The summed E-state index contributed by atoms with van der Waals surface area (Å²) in [6, 6.07) is 3.53. The van der Waals surface area contributed by atoms with Crippen LogP contribution in [0.4, 0.5) is 0 Å². The molecule has 8 N–H and O–H groups in total. The van der Waals surface area contributed by atoms with Crippen molar-refractivity contribution in [1.29, 1.82) is 0 Å². The number of hydrogen-bond donors (Lipinski definition) is 8. The lowest BCUT2D eigenvalue weighted by atomic mass is 9.74. The van der Waals surface area contributed by atoms with Crippen molar-refractivity contribution in [2.24, 2.45) is 189 Å². The summed E-state index contributed by atoms with van der Waals surface area (Å²) in [6.45, 7) is 55.1. The Labute approximate surface area is 784 Å². The fraction of sp³-hybridized carbons (Fsp3) is 0.929. The van der Waals surface area contributed by atoms with Crippen LogP contribution in [-0.4, -0.2) is 95.6 Å². The smallest absolute Gasteiger partial charge is 0.223 e. The molecule has 0 aromatic rings. The predicted molar refractivity (Wildman–Crippen MR) is 528 cm³/mol. The summed E-state index contributed by atoms with van der Waals surface area (Å²) in [5.74, 6) is 22.7. The Morgan fingerprint density at radius 3 is 0.305 bits per heavy atom. The fourth-order valence-corrected chi connectivity index (χ4v) is 24.1. The van der Waals surface area contributed by atoms with E-state index in [9.17, 15) is 38.4 Å². The van der Waals surface area contributed by atoms with E-state index in [2.05, 4.69) is 209 Å². The van der Waals surface area contributed by atoms with Gasteiger partial charge in [-0.15, -0.1) is 0 Å². The molecule has 0 aromatic heterocycles. The second-order valence-corrected chi connectivity index (χ2v) is 49.7. The SMILES string of the molecule is CC(C)[C@@H]1CC[C@@H](C)C[C@@H]1NC(=O)C1CC1.CC(C)[C@@H]1CC[C@@H](C)C[C@H]1NC(=O)C1CC1.CC(C)[C@@H]1CC[C@H](C)C[C@@H]1NC(=O)C1CC1.CC(C)[C@@H]1CC[C@H](C)C[C@H]1NC(=O)C1CC1.CC(C)[C@H]1CC[C@@H](C)C[C@@H]1NC(=O)C1CC1.CC(C)[C@H]1CC[C@@H](C)C[C@H]1NC(=O)C1CC1.CC(C)[C@H]1CC[C@H](C)C[C@@H]1NC(=O)C1CC1.CC(C)[C@H]1CC[C@H](C)C[C@H]1NC(=O)C1CC1. The standard InChI is InChI=1S/8C14H25NO/c8*1-9(2)12-7-4-10(3)8-13(12)15-14(16)11-5-6-11/h8*9-13H,4-8H2,1-3H3,(H,15,16)/t2*10-,12+,13+;2*10-,12+,13-;2*10-,12-,13+;2*10-,12-,13-/m10101010/s1. The van der Waals surface area contributed by atoms with Crippen LogP contribution >= 0.6 is 0 Å². The summed E-state index contributed by atoms with van der Waals surface area (Å²) >= 11 is 0. The predicted octanol–water partition coefficient (Wildman–Crippen LogP) is 23.8. The average Bonchev–Trinajstić information content (AvgIpc) is 1.74. The number of nitrogens with one attached hydrogen (secondary N) is 8. The van der Waals surface area contributed by atoms with E-state index >= 15 is 0 Å². The summed E-state index contributed by atoms with van der Waals surface area (Å²) < 4.78 is 0. The van der Waals surface area contributed by atoms with E-state index in [0.29, 0.717) is 238 Å². The van der Waals surface area contributed by atoms with E-state index in [1.54, 1.807) is 0 Å². The Morgan fingerprint density at radius 2 is 0.234 bits per heavy atom. The number of carbonyl (C=O) groups is 8. The maximum atomic E-state index is 11.8. The molecule has 0 saturated heterocycles. The van der Waals surface area contributed by atoms with Crippen molar-refractivity contribution in [3.8, 4) is 0 Å². The molecule has 16 nitrogen and oxygen atoms in total. The Kier molecular flexibility index (Phi) is 43.3. The van der Waals surface area contributed by atoms with E-state index in [4.69, 9.17) is 0 Å². The van der Waals surface area contributed by atoms with Gasteiger partial charge in [0.05, 0.1) is 0 Å². The highest BCUT2D eigenvalue weighted by atomic mass is 16.2. The molecular weight excluding hydrogens is 1590 g/mol. The molecule has 16 aliphatic carbocycles. The van der Waals surface area contributed by atoms with Crippen molar-refractivity contribution in [2.45, 2.75) is 471 Å². The molecule has 0 spiro atoms. The molecule has 0 unspecified atom stereocenters. The van der Waals surface area contributed by atoms with Gasteiger partial charge < -0.3 is 42.5 Å². The minimum absolute atomic E-state index is 0.324. The van der Waals surface area contributed by atoms with Gasteiger partial charge in [-0.05, 0) is 347 Å². The van der Waals surface area contributed by atoms with Crippen molar-refractivity contribution >= 4 is 47.3 Å². The summed E-state index contributed by atoms with van der Waals surface area (Å²) in [6.07, 6.45) is 48.2. The summed E-state index contributed by atoms with van der Waals surface area (Å²) in [5.41, 5.74) is 0. The van der Waals surface area contributed by atoms with Gasteiger partial charge in [-0.3, -0.25) is 38.4 Å². The molecule has 16 fully saturated rings. The van der Waals surface area contributed by atoms with Crippen LogP contribution in [-0.2, 0) is 38.4 Å². The van der Waals surface area contributed by atoms with Crippen molar-refractivity contribution < 1.29 is 38.4 Å². The summed E-state index contributed by atoms with van der Waals surface area (Å²) in [7, 11) is 0. The van der Waals surface area contributed by atoms with Gasteiger partial charge in [0.2, 0.25) is 47.3 Å². The van der Waals surface area contributed by atoms with Crippen molar-refractivity contribution in [1.82, 2.24) is 42.5 Å². The normalized spacial score (nSPS) is 35.1. The molecule has 16 saturated carbocycles. The number of rotatable bonds is 24. The molecule has 16 aliphatic rings. The maximum Gasteiger partial charge on any atom is 0.223 e. The molecular formula is C112H200N8O8. The topological polar surface area (TPSA) is 233 Å². The third kappa shape index (κ3) is 36.8. The van der Waals surface area contributed by atoms with E-state index in [1.165, 1.54) is 154 Å². The highest BCUT2D eigenvalue weighted by Crippen LogP contribution is 2.45. The van der Waals surface area contributed by atoms with E-state index in [0.717, 1.165) is 150 Å². The van der Waals surface area contributed by atoms with E-state index in [1.807, 2.05) is 0 Å². The Hall–Kier alpha value is -4.24. The molecule has 8 amide bonds. The largest absolute Gasteiger partial charge is 0.353 e. The zero-order valence-corrected chi connectivity index (χ0v) is 86.6. The van der Waals surface area contributed by atoms with Crippen LogP contribution in [0.15, 0.2) is 0 Å². The molecule has 0 bridgehead atoms. The molecule has 128 heavy (non-hydrogen) atoms. The van der Waals surface area contributed by atoms with Crippen LogP contribution in [0.25, 0.3) is 0 Å². The zero-order valence-electron chi connectivity index (χ0n) is 86.6. The summed E-state index contributed by atoms with van der Waals surface area (Å²) in [5, 5.41) is 26.4. The van der Waals surface area contributed by atoms with Gasteiger partial charge in [-0.2, -0.15) is 0 Å². The average molecular weight is 1790 g/mol. The van der Waals surface area contributed by atoms with Crippen LogP contribution in [0.3, 0.4) is 0 Å². The van der Waals surface area contributed by atoms with Gasteiger partial charge in [-0.25, -0.2) is 0 Å². The maximum absolute atomic E-state index is 11.8. The molecule has 16 rings (SSSR count). The van der Waals surface area contributed by atoms with Crippen molar-refractivity contribution in [2.75, 3.05) is 0 Å². The van der Waals surface area contributed by atoms with Gasteiger partial charge >= 0.3 is 0 Å². The molecule has 736 valence electrons. The first kappa shape index (κ1) is 107. The Balaban J connectivity index is 0.000000165. The molecule has 16 heteroatoms. The summed E-state index contributed by atoms with van der Waals surface area (Å²) in [4.78, 5) is 94.7. The molecule has 0 aromatic carbocycles. The van der Waals surface area contributed by atoms with Gasteiger partial charge in [0.1, 0.15) is 0 Å². The molecule has 24 atom stereocenters. The van der Waals surface area contributed by atoms with Crippen molar-refractivity contribution in [3.63, 3.8) is 0 Å². The lowest BCUT2D eigenvalue weighted by Gasteiger charge is -2.37. The zero-order chi connectivity index (χ0) is 93.7. The quantitative estimate of drug-likeness (QED) is 0.0462. The first-order valence-corrected chi connectivity index (χ1v) is 55.0. The second kappa shape index (κ2) is 51.6. The van der Waals surface area contributed by atoms with Gasteiger partial charge in [-0.1, -0.05) is 218 Å². The second-order valence-electron chi connectivity index (χ2n) is 49.7. The number of amides is 8. The van der Waals surface area contributed by atoms with Crippen LogP contribution in [0, 0.1) is 189 Å². The van der Waals surface area contributed by atoms with Gasteiger partial charge in [0.25, 0.3) is 0 Å². The minimum atomic E-state index is 0.324. The monoisotopic (exact) mass is 1790 g/mol. The molecule has 0 heterocycles. The third-order valence-electron chi connectivity index (χ3n) is 34.4. The third-order valence-corrected chi connectivity index (χ3v) is 34.4.